The van der Waals surface area contributed by atoms with E-state index in [1.165, 1.54) is 44.6 Å². The van der Waals surface area contributed by atoms with Gasteiger partial charge in [0.05, 0.1) is 49.0 Å². The Morgan fingerprint density at radius 2 is 1.81 bits per heavy atom. The Hall–Kier alpha value is -4.57. The van der Waals surface area contributed by atoms with Crippen molar-refractivity contribution in [2.45, 2.75) is 6.04 Å². The minimum Gasteiger partial charge on any atom is -0.507 e. The van der Waals surface area contributed by atoms with Crippen LogP contribution in [0.4, 0.5) is 5.95 Å². The first-order valence-electron chi connectivity index (χ1n) is 11.0. The van der Waals surface area contributed by atoms with Crippen molar-refractivity contribution in [2.24, 2.45) is 0 Å². The molecule has 0 saturated carbocycles. The molecule has 3 heterocycles. The van der Waals surface area contributed by atoms with Crippen LogP contribution in [0.25, 0.3) is 16.8 Å². The summed E-state index contributed by atoms with van der Waals surface area (Å²) in [5.41, 5.74) is 1.50. The third-order valence-corrected chi connectivity index (χ3v) is 6.41. The molecule has 1 aliphatic rings. The quantitative estimate of drug-likeness (QED) is 0.219. The number of methoxy groups -OCH3 is 3. The number of aliphatic hydroxyl groups excluding tert-OH is 1. The van der Waals surface area contributed by atoms with Crippen LogP contribution in [0.1, 0.15) is 17.2 Å². The van der Waals surface area contributed by atoms with Gasteiger partial charge in [-0.15, -0.1) is 0 Å². The van der Waals surface area contributed by atoms with Gasteiger partial charge in [-0.1, -0.05) is 17.7 Å². The van der Waals surface area contributed by atoms with E-state index in [1.54, 1.807) is 36.5 Å². The second kappa shape index (κ2) is 9.47. The largest absolute Gasteiger partial charge is 0.507 e. The predicted molar refractivity (Wildman–Crippen MR) is 136 cm³/mol. The number of ether oxygens (including phenoxy) is 3. The molecule has 1 saturated heterocycles. The van der Waals surface area contributed by atoms with Crippen LogP contribution in [0, 0.1) is 0 Å². The molecule has 1 fully saturated rings. The summed E-state index contributed by atoms with van der Waals surface area (Å²) < 4.78 is 16.0. The summed E-state index contributed by atoms with van der Waals surface area (Å²) in [4.78, 5) is 39.8. The van der Waals surface area contributed by atoms with Gasteiger partial charge in [-0.05, 0) is 29.8 Å². The standard InChI is InChI=1S/C26H21ClN4O6/c1-35-14-6-7-16(27)15(9-14)23(32)21-22(13-5-4-8-28-12-13)31(25(34)24(21)33)26-29-17-10-19(36-2)20(37-3)11-18(17)30-26/h4-12,22,32H,1-3H3,(H,29,30)/b23-21+. The molecule has 1 unspecified atom stereocenters. The second-order valence-electron chi connectivity index (χ2n) is 8.09. The maximum Gasteiger partial charge on any atom is 0.302 e. The van der Waals surface area contributed by atoms with E-state index >= 15 is 0 Å². The highest BCUT2D eigenvalue weighted by Crippen LogP contribution is 2.43. The minimum atomic E-state index is -1.04. The minimum absolute atomic E-state index is 0.0945. The Bertz CT molecular complexity index is 1530. The van der Waals surface area contributed by atoms with Gasteiger partial charge in [-0.25, -0.2) is 4.98 Å². The van der Waals surface area contributed by atoms with Gasteiger partial charge in [0, 0.05) is 30.1 Å². The normalized spacial score (nSPS) is 16.9. The van der Waals surface area contributed by atoms with Crippen molar-refractivity contribution in [3.05, 3.63) is 76.6 Å². The van der Waals surface area contributed by atoms with Crippen molar-refractivity contribution in [3.63, 3.8) is 0 Å². The van der Waals surface area contributed by atoms with Gasteiger partial charge in [-0.2, -0.15) is 0 Å². The lowest BCUT2D eigenvalue weighted by molar-refractivity contribution is -0.132. The first-order chi connectivity index (χ1) is 17.9. The summed E-state index contributed by atoms with van der Waals surface area (Å²) in [5.74, 6) is -0.808. The number of imidazole rings is 1. The van der Waals surface area contributed by atoms with Gasteiger partial charge >= 0.3 is 5.91 Å². The molecular formula is C26H21ClN4O6. The van der Waals surface area contributed by atoms with Crippen LogP contribution in [0.3, 0.4) is 0 Å². The van der Waals surface area contributed by atoms with Gasteiger partial charge in [0.2, 0.25) is 5.95 Å². The smallest absolute Gasteiger partial charge is 0.302 e. The van der Waals surface area contributed by atoms with Crippen molar-refractivity contribution >= 4 is 46.0 Å². The van der Waals surface area contributed by atoms with Gasteiger partial charge in [0.25, 0.3) is 5.78 Å². The lowest BCUT2D eigenvalue weighted by atomic mass is 9.96. The number of halogens is 1. The molecule has 0 spiro atoms. The topological polar surface area (TPSA) is 127 Å². The average Bonchev–Trinajstić information content (AvgIpc) is 3.45. The number of H-pyrrole nitrogens is 1. The highest BCUT2D eigenvalue weighted by Gasteiger charge is 2.48. The molecule has 0 aliphatic carbocycles. The second-order valence-corrected chi connectivity index (χ2v) is 8.49. The molecule has 4 aromatic rings. The van der Waals surface area contributed by atoms with Crippen LogP contribution < -0.4 is 19.1 Å². The average molecular weight is 521 g/mol. The number of fused-ring (bicyclic) bond motifs is 1. The number of aromatic nitrogens is 3. The van der Waals surface area contributed by atoms with E-state index in [1.807, 2.05) is 0 Å². The molecule has 1 aliphatic heterocycles. The van der Waals surface area contributed by atoms with Crippen molar-refractivity contribution in [2.75, 3.05) is 26.2 Å². The van der Waals surface area contributed by atoms with E-state index in [4.69, 9.17) is 25.8 Å². The molecule has 2 N–H and O–H groups in total. The maximum absolute atomic E-state index is 13.4. The molecule has 10 nitrogen and oxygen atoms in total. The summed E-state index contributed by atoms with van der Waals surface area (Å²) in [6.07, 6.45) is 3.08. The van der Waals surface area contributed by atoms with Crippen LogP contribution in [-0.2, 0) is 9.59 Å². The zero-order valence-corrected chi connectivity index (χ0v) is 20.7. The Kier molecular flexibility index (Phi) is 6.18. The summed E-state index contributed by atoms with van der Waals surface area (Å²) in [6, 6.07) is 10.3. The Morgan fingerprint density at radius 1 is 1.05 bits per heavy atom. The highest BCUT2D eigenvalue weighted by atomic mass is 35.5. The number of hydrogen-bond acceptors (Lipinski definition) is 8. The van der Waals surface area contributed by atoms with E-state index in [-0.39, 0.29) is 22.1 Å². The molecule has 5 rings (SSSR count). The lowest BCUT2D eigenvalue weighted by Crippen LogP contribution is -2.30. The van der Waals surface area contributed by atoms with Gasteiger partial charge in [-0.3, -0.25) is 19.5 Å². The number of nitrogens with zero attached hydrogens (tertiary/aromatic N) is 3. The van der Waals surface area contributed by atoms with E-state index in [0.717, 1.165) is 0 Å². The molecular weight excluding hydrogens is 500 g/mol. The third kappa shape index (κ3) is 4.01. The fourth-order valence-electron chi connectivity index (χ4n) is 4.30. The lowest BCUT2D eigenvalue weighted by Gasteiger charge is -2.22. The zero-order chi connectivity index (χ0) is 26.3. The number of rotatable bonds is 6. The van der Waals surface area contributed by atoms with Crippen LogP contribution >= 0.6 is 11.6 Å². The van der Waals surface area contributed by atoms with Gasteiger partial charge in [0.1, 0.15) is 11.5 Å². The number of anilines is 1. The monoisotopic (exact) mass is 520 g/mol. The van der Waals surface area contributed by atoms with Crippen molar-refractivity contribution in [1.82, 2.24) is 15.0 Å². The number of pyridine rings is 1. The van der Waals surface area contributed by atoms with E-state index in [2.05, 4.69) is 15.0 Å². The number of hydrogen-bond donors (Lipinski definition) is 2. The predicted octanol–water partition coefficient (Wildman–Crippen LogP) is 4.26. The first kappa shape index (κ1) is 24.1. The number of benzene rings is 2. The number of nitrogens with one attached hydrogen (secondary N) is 1. The summed E-state index contributed by atoms with van der Waals surface area (Å²) >= 11 is 6.35. The molecule has 2 aromatic heterocycles. The van der Waals surface area contributed by atoms with E-state index < -0.39 is 23.5 Å². The van der Waals surface area contributed by atoms with Crippen molar-refractivity contribution < 1.29 is 28.9 Å². The molecule has 1 atom stereocenters. The molecule has 11 heteroatoms. The van der Waals surface area contributed by atoms with E-state index in [9.17, 15) is 14.7 Å². The first-order valence-corrected chi connectivity index (χ1v) is 11.4. The van der Waals surface area contributed by atoms with Crippen molar-refractivity contribution in [1.29, 1.82) is 0 Å². The molecule has 1 amide bonds. The highest BCUT2D eigenvalue weighted by molar-refractivity contribution is 6.51. The number of aromatic amines is 1. The number of carbonyl (C=O) groups excluding carboxylic acids is 2. The van der Waals surface area contributed by atoms with Crippen LogP contribution in [0.2, 0.25) is 5.02 Å². The number of amides is 1. The summed E-state index contributed by atoms with van der Waals surface area (Å²) in [5, 5.41) is 11.5. The number of carbonyl (C=O) groups is 2. The fraction of sp³-hybridized carbons (Fsp3) is 0.154. The molecule has 188 valence electrons. The van der Waals surface area contributed by atoms with E-state index in [0.29, 0.717) is 33.8 Å². The number of ketones is 1. The van der Waals surface area contributed by atoms with Crippen LogP contribution in [0.15, 0.2) is 60.4 Å². The van der Waals surface area contributed by atoms with Crippen LogP contribution in [-0.4, -0.2) is 53.1 Å². The molecule has 0 bridgehead atoms. The maximum atomic E-state index is 13.4. The number of aliphatic hydroxyl groups is 1. The van der Waals surface area contributed by atoms with Crippen LogP contribution in [0.5, 0.6) is 17.2 Å². The van der Waals surface area contributed by atoms with Gasteiger partial charge in [0.15, 0.2) is 11.5 Å². The van der Waals surface area contributed by atoms with Crippen molar-refractivity contribution in [3.8, 4) is 17.2 Å². The Morgan fingerprint density at radius 3 is 2.49 bits per heavy atom. The molecule has 2 aromatic carbocycles. The molecule has 37 heavy (non-hydrogen) atoms. The Balaban J connectivity index is 1.73. The zero-order valence-electron chi connectivity index (χ0n) is 20.0. The SMILES string of the molecule is COc1ccc(Cl)c(/C(O)=C2\C(=O)C(=O)N(c3nc4cc(OC)c(OC)cc4[nH]3)C2c2cccnc2)c1. The third-order valence-electron chi connectivity index (χ3n) is 6.08. The van der Waals surface area contributed by atoms with Gasteiger partial charge < -0.3 is 24.3 Å². The summed E-state index contributed by atoms with van der Waals surface area (Å²) in [7, 11) is 4.47. The fourth-order valence-corrected chi connectivity index (χ4v) is 4.51. The number of Topliss-reactive ketones (excluding diaryl/α,β-unsaturated/α-hetero) is 1. The summed E-state index contributed by atoms with van der Waals surface area (Å²) in [6.45, 7) is 0. The Labute approximate surface area is 216 Å². The molecule has 0 radical (unpaired) electrons.